The van der Waals surface area contributed by atoms with Crippen molar-refractivity contribution in [3.63, 3.8) is 0 Å². The van der Waals surface area contributed by atoms with Crippen molar-refractivity contribution < 1.29 is 4.43 Å². The first-order valence-corrected chi connectivity index (χ1v) is 7.97. The van der Waals surface area contributed by atoms with Gasteiger partial charge in [-0.1, -0.05) is 0 Å². The highest BCUT2D eigenvalue weighted by Crippen LogP contribution is 2.19. The molecule has 13 heavy (non-hydrogen) atoms. The Morgan fingerprint density at radius 1 is 1.08 bits per heavy atom. The lowest BCUT2D eigenvalue weighted by Crippen LogP contribution is -2.29. The molecular formula is C11H17OSi. The molecule has 71 valence electrons. The Balaban J connectivity index is 2.90. The second-order valence-corrected chi connectivity index (χ2v) is 8.83. The van der Waals surface area contributed by atoms with Gasteiger partial charge in [-0.25, -0.2) is 0 Å². The maximum absolute atomic E-state index is 5.88. The first-order chi connectivity index (χ1) is 5.87. The molecule has 0 bridgehead atoms. The van der Waals surface area contributed by atoms with Crippen molar-refractivity contribution in [3.8, 4) is 5.75 Å². The fourth-order valence-corrected chi connectivity index (χ4v) is 2.09. The lowest BCUT2D eigenvalue weighted by Gasteiger charge is -2.19. The largest absolute Gasteiger partial charge is 0.544 e. The number of rotatable bonds is 2. The lowest BCUT2D eigenvalue weighted by atomic mass is 10.1. The second-order valence-electron chi connectivity index (χ2n) is 4.40. The normalized spacial score (nSPS) is 11.5. The highest BCUT2D eigenvalue weighted by molar-refractivity contribution is 6.70. The van der Waals surface area contributed by atoms with Crippen molar-refractivity contribution in [2.75, 3.05) is 0 Å². The summed E-state index contributed by atoms with van der Waals surface area (Å²) < 4.78 is 5.88. The van der Waals surface area contributed by atoms with Crippen LogP contribution in [0.5, 0.6) is 5.75 Å². The summed E-state index contributed by atoms with van der Waals surface area (Å²) in [5.41, 5.74) is 2.29. The minimum Gasteiger partial charge on any atom is -0.544 e. The van der Waals surface area contributed by atoms with Crippen LogP contribution in [0, 0.1) is 19.9 Å². The third kappa shape index (κ3) is 3.64. The van der Waals surface area contributed by atoms with Crippen LogP contribution >= 0.6 is 0 Å². The fourth-order valence-electron chi connectivity index (χ4n) is 1.26. The Hall–Kier alpha value is -0.763. The van der Waals surface area contributed by atoms with Gasteiger partial charge in [-0.05, 0) is 62.8 Å². The Morgan fingerprint density at radius 2 is 1.54 bits per heavy atom. The first-order valence-electron chi connectivity index (χ1n) is 4.56. The van der Waals surface area contributed by atoms with Gasteiger partial charge in [-0.3, -0.25) is 0 Å². The SMILES string of the molecule is Cc1[c]c(C)cc(O[Si](C)(C)C)c1. The molecule has 1 aromatic carbocycles. The summed E-state index contributed by atoms with van der Waals surface area (Å²) in [6, 6.07) is 7.33. The summed E-state index contributed by atoms with van der Waals surface area (Å²) in [5, 5.41) is 0. The summed E-state index contributed by atoms with van der Waals surface area (Å²) in [4.78, 5) is 0. The summed E-state index contributed by atoms with van der Waals surface area (Å²) in [6.07, 6.45) is 0. The zero-order chi connectivity index (χ0) is 10.1. The molecule has 1 rings (SSSR count). The van der Waals surface area contributed by atoms with Gasteiger partial charge in [0.25, 0.3) is 0 Å². The molecule has 0 aliphatic carbocycles. The minimum absolute atomic E-state index is 0.993. The molecule has 1 nitrogen and oxygen atoms in total. The quantitative estimate of drug-likeness (QED) is 0.655. The predicted octanol–water partition coefficient (Wildman–Crippen LogP) is 3.32. The smallest absolute Gasteiger partial charge is 0.242 e. The van der Waals surface area contributed by atoms with Gasteiger partial charge in [0.1, 0.15) is 5.75 Å². The van der Waals surface area contributed by atoms with Crippen LogP contribution in [0.1, 0.15) is 11.1 Å². The molecule has 0 amide bonds. The van der Waals surface area contributed by atoms with Gasteiger partial charge in [0, 0.05) is 0 Å². The van der Waals surface area contributed by atoms with Crippen molar-refractivity contribution >= 4 is 8.32 Å². The van der Waals surface area contributed by atoms with Gasteiger partial charge in [0.15, 0.2) is 0 Å². The van der Waals surface area contributed by atoms with Crippen LogP contribution < -0.4 is 4.43 Å². The molecular weight excluding hydrogens is 176 g/mol. The molecule has 0 saturated carbocycles. The molecule has 0 aromatic heterocycles. The average Bonchev–Trinajstić information content (AvgIpc) is 1.78. The first kappa shape index (κ1) is 10.3. The second kappa shape index (κ2) is 3.54. The zero-order valence-electron chi connectivity index (χ0n) is 9.06. The molecule has 0 N–H and O–H groups in total. The van der Waals surface area contributed by atoms with E-state index in [-0.39, 0.29) is 0 Å². The fraction of sp³-hybridized carbons (Fsp3) is 0.455. The average molecular weight is 193 g/mol. The molecule has 0 heterocycles. The van der Waals surface area contributed by atoms with E-state index < -0.39 is 8.32 Å². The number of aryl methyl sites for hydroxylation is 2. The molecule has 0 unspecified atom stereocenters. The Bertz CT molecular complexity index is 279. The van der Waals surface area contributed by atoms with Gasteiger partial charge in [-0.2, -0.15) is 0 Å². The van der Waals surface area contributed by atoms with Gasteiger partial charge < -0.3 is 4.43 Å². The maximum Gasteiger partial charge on any atom is 0.242 e. The van der Waals surface area contributed by atoms with Crippen LogP contribution in [0.15, 0.2) is 12.1 Å². The summed E-state index contributed by atoms with van der Waals surface area (Å²) in [6.45, 7) is 10.7. The molecule has 2 heteroatoms. The van der Waals surface area contributed by atoms with Crippen LogP contribution in [-0.4, -0.2) is 8.32 Å². The third-order valence-corrected chi connectivity index (χ3v) is 2.38. The van der Waals surface area contributed by atoms with E-state index in [4.69, 9.17) is 4.43 Å². The molecule has 0 spiro atoms. The predicted molar refractivity (Wildman–Crippen MR) is 58.7 cm³/mol. The minimum atomic E-state index is -1.46. The number of hydrogen-bond donors (Lipinski definition) is 0. The summed E-state index contributed by atoms with van der Waals surface area (Å²) >= 11 is 0. The van der Waals surface area contributed by atoms with Crippen molar-refractivity contribution in [1.29, 1.82) is 0 Å². The standard InChI is InChI=1S/C11H17OSi/c1-9-6-10(2)8-11(7-9)12-13(3,4)5/h7-8H,1-5H3. The Labute approximate surface area is 81.9 Å². The monoisotopic (exact) mass is 193 g/mol. The van der Waals surface area contributed by atoms with E-state index in [9.17, 15) is 0 Å². The molecule has 0 saturated heterocycles. The maximum atomic E-state index is 5.88. The van der Waals surface area contributed by atoms with Crippen LogP contribution in [0.4, 0.5) is 0 Å². The van der Waals surface area contributed by atoms with Crippen LogP contribution in [0.25, 0.3) is 0 Å². The van der Waals surface area contributed by atoms with Crippen LogP contribution in [-0.2, 0) is 0 Å². The van der Waals surface area contributed by atoms with Crippen molar-refractivity contribution in [2.45, 2.75) is 33.5 Å². The lowest BCUT2D eigenvalue weighted by molar-refractivity contribution is 0.556. The van der Waals surface area contributed by atoms with E-state index in [2.05, 4.69) is 25.7 Å². The van der Waals surface area contributed by atoms with Gasteiger partial charge in [0.05, 0.1) is 0 Å². The Morgan fingerprint density at radius 3 is 1.92 bits per heavy atom. The molecule has 0 fully saturated rings. The molecule has 0 aliphatic rings. The van der Waals surface area contributed by atoms with Gasteiger partial charge in [-0.15, -0.1) is 0 Å². The van der Waals surface area contributed by atoms with E-state index in [1.807, 2.05) is 26.0 Å². The molecule has 1 aromatic rings. The highest BCUT2D eigenvalue weighted by atomic mass is 28.4. The molecule has 1 radical (unpaired) electrons. The van der Waals surface area contributed by atoms with Crippen LogP contribution in [0.3, 0.4) is 0 Å². The Kier molecular flexibility index (Phi) is 2.81. The summed E-state index contributed by atoms with van der Waals surface area (Å²) in [5.74, 6) is 0.993. The highest BCUT2D eigenvalue weighted by Gasteiger charge is 2.16. The third-order valence-electron chi connectivity index (χ3n) is 1.54. The van der Waals surface area contributed by atoms with Crippen molar-refractivity contribution in [2.24, 2.45) is 0 Å². The van der Waals surface area contributed by atoms with E-state index >= 15 is 0 Å². The van der Waals surface area contributed by atoms with E-state index in [0.717, 1.165) is 16.9 Å². The number of benzene rings is 1. The molecule has 0 atom stereocenters. The topological polar surface area (TPSA) is 9.23 Å². The van der Waals surface area contributed by atoms with E-state index in [1.165, 1.54) is 0 Å². The van der Waals surface area contributed by atoms with E-state index in [0.29, 0.717) is 0 Å². The van der Waals surface area contributed by atoms with Gasteiger partial charge >= 0.3 is 0 Å². The summed E-state index contributed by atoms with van der Waals surface area (Å²) in [7, 11) is -1.46. The zero-order valence-corrected chi connectivity index (χ0v) is 10.1. The molecule has 0 aliphatic heterocycles. The van der Waals surface area contributed by atoms with Crippen molar-refractivity contribution in [3.05, 3.63) is 29.3 Å². The van der Waals surface area contributed by atoms with Crippen LogP contribution in [0.2, 0.25) is 19.6 Å². The van der Waals surface area contributed by atoms with E-state index in [1.54, 1.807) is 0 Å². The van der Waals surface area contributed by atoms with Gasteiger partial charge in [0.2, 0.25) is 8.32 Å². The van der Waals surface area contributed by atoms with Crippen molar-refractivity contribution in [1.82, 2.24) is 0 Å². The number of hydrogen-bond acceptors (Lipinski definition) is 1.